The lowest BCUT2D eigenvalue weighted by Crippen LogP contribution is -2.72. The topological polar surface area (TPSA) is 98.7 Å². The van der Waals surface area contributed by atoms with Crippen molar-refractivity contribution in [2.75, 3.05) is 30.5 Å². The summed E-state index contributed by atoms with van der Waals surface area (Å²) in [7, 11) is 1.72. The first kappa shape index (κ1) is 18.5. The molecule has 2 unspecified atom stereocenters. The van der Waals surface area contributed by atoms with Crippen molar-refractivity contribution in [3.05, 3.63) is 18.6 Å². The normalized spacial score (nSPS) is 33.6. The molecule has 2 atom stereocenters. The van der Waals surface area contributed by atoms with E-state index in [1.165, 1.54) is 11.3 Å². The Balaban J connectivity index is 1.08. The Hall–Kier alpha value is -2.30. The maximum absolute atomic E-state index is 12.6. The molecule has 0 spiro atoms. The molecule has 158 valence electrons. The second-order valence-corrected chi connectivity index (χ2v) is 9.78. The van der Waals surface area contributed by atoms with Gasteiger partial charge in [0.2, 0.25) is 16.9 Å². The van der Waals surface area contributed by atoms with Gasteiger partial charge in [-0.15, -0.1) is 0 Å². The molecule has 4 heterocycles. The van der Waals surface area contributed by atoms with Gasteiger partial charge in [-0.1, -0.05) is 11.3 Å². The highest BCUT2D eigenvalue weighted by molar-refractivity contribution is 7.17. The Kier molecular flexibility index (Phi) is 4.06. The predicted molar refractivity (Wildman–Crippen MR) is 109 cm³/mol. The van der Waals surface area contributed by atoms with Gasteiger partial charge in [-0.25, -0.2) is 15.0 Å². The summed E-state index contributed by atoms with van der Waals surface area (Å²) in [6.45, 7) is 1.47. The summed E-state index contributed by atoms with van der Waals surface area (Å²) in [5.74, 6) is 1.29. The number of nitrogens with one attached hydrogen (secondary N) is 1. The number of nitrogens with zero attached hydrogens (tertiary/aromatic N) is 4. The van der Waals surface area contributed by atoms with Gasteiger partial charge >= 0.3 is 0 Å². The van der Waals surface area contributed by atoms with Crippen LogP contribution in [0, 0.1) is 5.41 Å². The zero-order valence-electron chi connectivity index (χ0n) is 16.7. The summed E-state index contributed by atoms with van der Waals surface area (Å²) < 4.78 is 16.9. The molecule has 0 radical (unpaired) electrons. The lowest BCUT2D eigenvalue weighted by Gasteiger charge is -2.67. The van der Waals surface area contributed by atoms with Crippen molar-refractivity contribution in [3.63, 3.8) is 0 Å². The van der Waals surface area contributed by atoms with Gasteiger partial charge in [-0.3, -0.25) is 4.79 Å². The van der Waals surface area contributed by atoms with Gasteiger partial charge in [0.05, 0.1) is 54.9 Å². The lowest BCUT2D eigenvalue weighted by atomic mass is 9.41. The van der Waals surface area contributed by atoms with Crippen LogP contribution in [0.15, 0.2) is 18.6 Å². The molecule has 30 heavy (non-hydrogen) atoms. The van der Waals surface area contributed by atoms with Crippen LogP contribution in [-0.4, -0.2) is 58.9 Å². The number of carbonyl (C=O) groups is 1. The van der Waals surface area contributed by atoms with Crippen LogP contribution in [0.2, 0.25) is 0 Å². The third kappa shape index (κ3) is 2.81. The number of carbonyl (C=O) groups excluding carboxylic acids is 1. The van der Waals surface area contributed by atoms with Gasteiger partial charge in [0.15, 0.2) is 10.9 Å². The van der Waals surface area contributed by atoms with Gasteiger partial charge < -0.3 is 24.4 Å². The minimum atomic E-state index is -0.273. The van der Waals surface area contributed by atoms with Gasteiger partial charge in [0, 0.05) is 7.11 Å². The van der Waals surface area contributed by atoms with Crippen LogP contribution in [-0.2, 0) is 14.3 Å². The smallest absolute Gasteiger partial charge is 0.232 e. The fourth-order valence-corrected chi connectivity index (χ4v) is 6.00. The molecule has 1 amide bonds. The first-order valence-electron chi connectivity index (χ1n) is 10.3. The van der Waals surface area contributed by atoms with Crippen molar-refractivity contribution in [2.45, 2.75) is 49.8 Å². The van der Waals surface area contributed by atoms with Gasteiger partial charge in [0.25, 0.3) is 0 Å². The minimum absolute atomic E-state index is 0.0233. The number of morpholine rings is 1. The standard InChI is InChI=1S/C20H23N5O4S/c1-27-20-9-19(10-20,11-20)16(26)24-18-23-6-15(30-18)29-14-4-21-17(22-5-14)25-12-2-3-13(25)8-28-7-12/h4-6,12-13H,2-3,7-11H2,1H3,(H,23,24,26). The van der Waals surface area contributed by atoms with E-state index in [1.54, 1.807) is 25.7 Å². The van der Waals surface area contributed by atoms with Crippen LogP contribution < -0.4 is 15.0 Å². The van der Waals surface area contributed by atoms with E-state index in [0.717, 1.165) is 51.3 Å². The zero-order chi connectivity index (χ0) is 20.3. The van der Waals surface area contributed by atoms with Crippen molar-refractivity contribution in [1.82, 2.24) is 15.0 Å². The van der Waals surface area contributed by atoms with E-state index in [-0.39, 0.29) is 16.9 Å². The molecule has 3 aliphatic carbocycles. The molecule has 4 bridgehead atoms. The summed E-state index contributed by atoms with van der Waals surface area (Å²) in [6.07, 6.45) is 9.60. The van der Waals surface area contributed by atoms with Gasteiger partial charge in [-0.2, -0.15) is 0 Å². The number of ether oxygens (including phenoxy) is 3. The van der Waals surface area contributed by atoms with Crippen LogP contribution in [0.1, 0.15) is 32.1 Å². The number of hydrogen-bond acceptors (Lipinski definition) is 9. The lowest BCUT2D eigenvalue weighted by molar-refractivity contribution is -0.260. The summed E-state index contributed by atoms with van der Waals surface area (Å²) in [5.41, 5.74) is -0.327. The minimum Gasteiger partial charge on any atom is -0.442 e. The number of hydrogen-bond donors (Lipinski definition) is 1. The van der Waals surface area contributed by atoms with E-state index >= 15 is 0 Å². The first-order chi connectivity index (χ1) is 14.6. The monoisotopic (exact) mass is 429 g/mol. The average molecular weight is 430 g/mol. The molecule has 2 aliphatic heterocycles. The number of fused-ring (bicyclic) bond motifs is 2. The van der Waals surface area contributed by atoms with Crippen molar-refractivity contribution < 1.29 is 19.0 Å². The Morgan fingerprint density at radius 2 is 1.87 bits per heavy atom. The molecule has 0 aromatic carbocycles. The fourth-order valence-electron chi connectivity index (χ4n) is 5.31. The quantitative estimate of drug-likeness (QED) is 0.748. The van der Waals surface area contributed by atoms with Crippen LogP contribution in [0.3, 0.4) is 0 Å². The highest BCUT2D eigenvalue weighted by Gasteiger charge is 2.72. The zero-order valence-corrected chi connectivity index (χ0v) is 17.5. The van der Waals surface area contributed by atoms with E-state index in [2.05, 4.69) is 25.2 Å². The summed E-state index contributed by atoms with van der Waals surface area (Å²) in [4.78, 5) is 28.1. The fraction of sp³-hybridized carbons (Fsp3) is 0.600. The molecule has 2 aromatic rings. The highest BCUT2D eigenvalue weighted by atomic mass is 32.1. The molecule has 3 saturated carbocycles. The average Bonchev–Trinajstić information content (AvgIpc) is 3.21. The summed E-state index contributed by atoms with van der Waals surface area (Å²) in [6, 6.07) is 0.728. The number of methoxy groups -OCH3 is 1. The summed E-state index contributed by atoms with van der Waals surface area (Å²) >= 11 is 1.29. The van der Waals surface area contributed by atoms with Crippen molar-refractivity contribution in [2.24, 2.45) is 5.41 Å². The molecule has 1 N–H and O–H groups in total. The van der Waals surface area contributed by atoms with Gasteiger partial charge in [0.1, 0.15) is 0 Å². The predicted octanol–water partition coefficient (Wildman–Crippen LogP) is 2.60. The maximum atomic E-state index is 12.6. The second-order valence-electron chi connectivity index (χ2n) is 8.79. The molecule has 2 saturated heterocycles. The maximum Gasteiger partial charge on any atom is 0.232 e. The van der Waals surface area contributed by atoms with Crippen LogP contribution in [0.4, 0.5) is 11.1 Å². The molecule has 5 aliphatic rings. The number of aromatic nitrogens is 3. The van der Waals surface area contributed by atoms with E-state index in [4.69, 9.17) is 14.2 Å². The van der Waals surface area contributed by atoms with Crippen molar-refractivity contribution >= 4 is 28.3 Å². The number of anilines is 2. The van der Waals surface area contributed by atoms with Crippen molar-refractivity contribution in [1.29, 1.82) is 0 Å². The van der Waals surface area contributed by atoms with E-state index < -0.39 is 0 Å². The Morgan fingerprint density at radius 1 is 1.17 bits per heavy atom. The molecule has 2 aromatic heterocycles. The molecule has 9 nitrogen and oxygen atoms in total. The first-order valence-corrected chi connectivity index (χ1v) is 11.1. The molecule has 5 fully saturated rings. The Morgan fingerprint density at radius 3 is 2.53 bits per heavy atom. The number of amides is 1. The van der Waals surface area contributed by atoms with Gasteiger partial charge in [-0.05, 0) is 32.1 Å². The number of thiazole rings is 1. The molecular weight excluding hydrogens is 406 g/mol. The Bertz CT molecular complexity index is 944. The van der Waals surface area contributed by atoms with Crippen LogP contribution in [0.25, 0.3) is 0 Å². The van der Waals surface area contributed by atoms with Crippen molar-refractivity contribution in [3.8, 4) is 10.8 Å². The van der Waals surface area contributed by atoms with Crippen LogP contribution in [0.5, 0.6) is 10.8 Å². The van der Waals surface area contributed by atoms with Crippen LogP contribution >= 0.6 is 11.3 Å². The Labute approximate surface area is 177 Å². The molecule has 10 heteroatoms. The SMILES string of the molecule is COC12CC(C(=O)Nc3ncc(Oc4cnc(N5C6CCC5COC6)nc4)s3)(C1)C2. The third-order valence-corrected chi connectivity index (χ3v) is 7.70. The second kappa shape index (κ2) is 6.60. The third-order valence-electron chi connectivity index (χ3n) is 6.91. The highest BCUT2D eigenvalue weighted by Crippen LogP contribution is 2.69. The largest absolute Gasteiger partial charge is 0.442 e. The summed E-state index contributed by atoms with van der Waals surface area (Å²) in [5, 5.41) is 4.04. The molecule has 7 rings (SSSR count). The van der Waals surface area contributed by atoms with E-state index in [9.17, 15) is 4.79 Å². The number of rotatable bonds is 6. The molecular formula is C20H23N5O4S. The van der Waals surface area contributed by atoms with E-state index in [1.807, 2.05) is 0 Å². The van der Waals surface area contributed by atoms with E-state index in [0.29, 0.717) is 28.0 Å².